The lowest BCUT2D eigenvalue weighted by atomic mass is 9.98. The van der Waals surface area contributed by atoms with Crippen molar-refractivity contribution in [3.8, 4) is 5.75 Å². The van der Waals surface area contributed by atoms with E-state index in [1.54, 1.807) is 7.11 Å². The van der Waals surface area contributed by atoms with Gasteiger partial charge < -0.3 is 20.1 Å². The van der Waals surface area contributed by atoms with E-state index in [0.29, 0.717) is 6.42 Å². The maximum absolute atomic E-state index is 11.2. The summed E-state index contributed by atoms with van der Waals surface area (Å²) >= 11 is 0. The maximum Gasteiger partial charge on any atom is 0.405 e. The van der Waals surface area contributed by atoms with Gasteiger partial charge in [-0.15, -0.1) is 0 Å². The van der Waals surface area contributed by atoms with Crippen LogP contribution in [-0.4, -0.2) is 23.3 Å². The second kappa shape index (κ2) is 6.44. The van der Waals surface area contributed by atoms with Gasteiger partial charge >= 0.3 is 6.09 Å². The van der Waals surface area contributed by atoms with Crippen LogP contribution >= 0.6 is 0 Å². The largest absolute Gasteiger partial charge is 0.497 e. The lowest BCUT2D eigenvalue weighted by Gasteiger charge is -2.17. The SMILES string of the molecule is COc1ccc([C@H](Cc2c[nH]c3ccccc23)NC(=O)O)cc1. The van der Waals surface area contributed by atoms with E-state index in [-0.39, 0.29) is 6.04 Å². The van der Waals surface area contributed by atoms with Gasteiger partial charge in [0, 0.05) is 17.1 Å². The number of aromatic nitrogens is 1. The zero-order valence-electron chi connectivity index (χ0n) is 12.7. The van der Waals surface area contributed by atoms with E-state index in [1.807, 2.05) is 54.7 Å². The number of fused-ring (bicyclic) bond motifs is 1. The van der Waals surface area contributed by atoms with Gasteiger partial charge in [-0.05, 0) is 35.7 Å². The number of rotatable bonds is 5. The quantitative estimate of drug-likeness (QED) is 0.672. The third kappa shape index (κ3) is 3.29. The molecule has 1 aromatic heterocycles. The van der Waals surface area contributed by atoms with E-state index in [0.717, 1.165) is 27.8 Å². The lowest BCUT2D eigenvalue weighted by Crippen LogP contribution is -2.28. The molecular formula is C18H18N2O3. The van der Waals surface area contributed by atoms with Crippen molar-refractivity contribution in [2.45, 2.75) is 12.5 Å². The minimum atomic E-state index is -1.04. The molecule has 3 rings (SSSR count). The van der Waals surface area contributed by atoms with E-state index < -0.39 is 6.09 Å². The fourth-order valence-electron chi connectivity index (χ4n) is 2.76. The number of aromatic amines is 1. The Balaban J connectivity index is 1.90. The van der Waals surface area contributed by atoms with Gasteiger partial charge in [-0.3, -0.25) is 0 Å². The fourth-order valence-corrected chi connectivity index (χ4v) is 2.76. The van der Waals surface area contributed by atoms with Gasteiger partial charge in [0.05, 0.1) is 13.2 Å². The summed E-state index contributed by atoms with van der Waals surface area (Å²) < 4.78 is 5.15. The molecule has 0 radical (unpaired) electrons. The topological polar surface area (TPSA) is 74.3 Å². The van der Waals surface area contributed by atoms with Crippen molar-refractivity contribution in [1.29, 1.82) is 0 Å². The lowest BCUT2D eigenvalue weighted by molar-refractivity contribution is 0.190. The Morgan fingerprint density at radius 2 is 1.96 bits per heavy atom. The summed E-state index contributed by atoms with van der Waals surface area (Å²) in [5.74, 6) is 0.745. The standard InChI is InChI=1S/C18H18N2O3/c1-23-14-8-6-12(7-9-14)17(20-18(21)22)10-13-11-19-16-5-3-2-4-15(13)16/h2-9,11,17,19-20H,10H2,1H3,(H,21,22)/t17-/m0/s1. The van der Waals surface area contributed by atoms with E-state index in [9.17, 15) is 4.79 Å². The van der Waals surface area contributed by atoms with Crippen LogP contribution in [0.15, 0.2) is 54.7 Å². The van der Waals surface area contributed by atoms with E-state index in [4.69, 9.17) is 9.84 Å². The van der Waals surface area contributed by atoms with Crippen molar-refractivity contribution in [3.63, 3.8) is 0 Å². The molecule has 1 amide bonds. The molecule has 0 aliphatic heterocycles. The molecule has 1 heterocycles. The molecule has 0 bridgehead atoms. The number of para-hydroxylation sites is 1. The average Bonchev–Trinajstić information content (AvgIpc) is 2.97. The molecule has 0 fully saturated rings. The Morgan fingerprint density at radius 1 is 1.22 bits per heavy atom. The molecule has 5 nitrogen and oxygen atoms in total. The van der Waals surface area contributed by atoms with Crippen LogP contribution in [0.25, 0.3) is 10.9 Å². The molecule has 5 heteroatoms. The van der Waals surface area contributed by atoms with Crippen LogP contribution in [0, 0.1) is 0 Å². The van der Waals surface area contributed by atoms with Gasteiger partial charge in [-0.1, -0.05) is 30.3 Å². The summed E-state index contributed by atoms with van der Waals surface area (Å²) in [5.41, 5.74) is 3.03. The van der Waals surface area contributed by atoms with Crippen molar-refractivity contribution in [2.75, 3.05) is 7.11 Å². The highest BCUT2D eigenvalue weighted by atomic mass is 16.5. The highest BCUT2D eigenvalue weighted by Crippen LogP contribution is 2.25. The number of hydrogen-bond acceptors (Lipinski definition) is 2. The first kappa shape index (κ1) is 15.0. The summed E-state index contributed by atoms with van der Waals surface area (Å²) in [6, 6.07) is 15.1. The minimum Gasteiger partial charge on any atom is -0.497 e. The number of methoxy groups -OCH3 is 1. The molecule has 3 N–H and O–H groups in total. The number of ether oxygens (including phenoxy) is 1. The molecule has 2 aromatic carbocycles. The molecule has 0 saturated heterocycles. The number of carbonyl (C=O) groups is 1. The molecule has 23 heavy (non-hydrogen) atoms. The zero-order valence-corrected chi connectivity index (χ0v) is 12.7. The molecule has 0 aliphatic rings. The summed E-state index contributed by atoms with van der Waals surface area (Å²) in [4.78, 5) is 14.4. The number of amides is 1. The average molecular weight is 310 g/mol. The van der Waals surface area contributed by atoms with Crippen LogP contribution in [0.4, 0.5) is 4.79 Å². The Kier molecular flexibility index (Phi) is 4.19. The minimum absolute atomic E-state index is 0.322. The number of hydrogen-bond donors (Lipinski definition) is 3. The summed E-state index contributed by atoms with van der Waals surface area (Å²) in [6.45, 7) is 0. The van der Waals surface area contributed by atoms with Crippen molar-refractivity contribution >= 4 is 17.0 Å². The van der Waals surface area contributed by atoms with Crippen LogP contribution < -0.4 is 10.1 Å². The summed E-state index contributed by atoms with van der Waals surface area (Å²) in [6.07, 6.45) is 1.47. The fraction of sp³-hybridized carbons (Fsp3) is 0.167. The van der Waals surface area contributed by atoms with Crippen molar-refractivity contribution in [1.82, 2.24) is 10.3 Å². The Bertz CT molecular complexity index is 809. The number of nitrogens with one attached hydrogen (secondary N) is 2. The van der Waals surface area contributed by atoms with E-state index >= 15 is 0 Å². The van der Waals surface area contributed by atoms with E-state index in [2.05, 4.69) is 10.3 Å². The van der Waals surface area contributed by atoms with E-state index in [1.165, 1.54) is 0 Å². The number of H-pyrrole nitrogens is 1. The molecule has 1 atom stereocenters. The van der Waals surface area contributed by atoms with Crippen LogP contribution in [0.3, 0.4) is 0 Å². The first-order valence-corrected chi connectivity index (χ1v) is 7.36. The first-order valence-electron chi connectivity index (χ1n) is 7.36. The predicted octanol–water partition coefficient (Wildman–Crippen LogP) is 3.73. The molecule has 0 saturated carbocycles. The van der Waals surface area contributed by atoms with Crippen molar-refractivity contribution < 1.29 is 14.6 Å². The summed E-state index contributed by atoms with van der Waals surface area (Å²) in [7, 11) is 1.61. The third-order valence-corrected chi connectivity index (χ3v) is 3.91. The van der Waals surface area contributed by atoms with Gasteiger partial charge in [0.2, 0.25) is 0 Å². The Hall–Kier alpha value is -2.95. The Morgan fingerprint density at radius 3 is 2.65 bits per heavy atom. The highest BCUT2D eigenvalue weighted by Gasteiger charge is 2.17. The zero-order chi connectivity index (χ0) is 16.2. The number of carboxylic acid groups (broad SMARTS) is 1. The monoisotopic (exact) mass is 310 g/mol. The van der Waals surface area contributed by atoms with Crippen molar-refractivity contribution in [3.05, 3.63) is 65.9 Å². The van der Waals surface area contributed by atoms with Gasteiger partial charge in [-0.25, -0.2) is 4.79 Å². The Labute approximate surface area is 133 Å². The van der Waals surface area contributed by atoms with Crippen LogP contribution in [-0.2, 0) is 6.42 Å². The molecule has 3 aromatic rings. The molecule has 0 unspecified atom stereocenters. The third-order valence-electron chi connectivity index (χ3n) is 3.91. The molecular weight excluding hydrogens is 292 g/mol. The molecule has 0 spiro atoms. The number of benzene rings is 2. The summed E-state index contributed by atoms with van der Waals surface area (Å²) in [5, 5.41) is 12.9. The van der Waals surface area contributed by atoms with Gasteiger partial charge in [0.15, 0.2) is 0 Å². The van der Waals surface area contributed by atoms with Gasteiger partial charge in [0.1, 0.15) is 5.75 Å². The second-order valence-electron chi connectivity index (χ2n) is 5.34. The molecule has 118 valence electrons. The van der Waals surface area contributed by atoms with Crippen LogP contribution in [0.2, 0.25) is 0 Å². The smallest absolute Gasteiger partial charge is 0.405 e. The molecule has 0 aliphatic carbocycles. The highest BCUT2D eigenvalue weighted by molar-refractivity contribution is 5.83. The van der Waals surface area contributed by atoms with Crippen molar-refractivity contribution in [2.24, 2.45) is 0 Å². The van der Waals surface area contributed by atoms with Gasteiger partial charge in [0.25, 0.3) is 0 Å². The predicted molar refractivity (Wildman–Crippen MR) is 88.9 cm³/mol. The first-order chi connectivity index (χ1) is 11.2. The van der Waals surface area contributed by atoms with Gasteiger partial charge in [-0.2, -0.15) is 0 Å². The maximum atomic E-state index is 11.2. The van der Waals surface area contributed by atoms with Crippen LogP contribution in [0.5, 0.6) is 5.75 Å². The normalized spacial score (nSPS) is 12.0. The second-order valence-corrected chi connectivity index (χ2v) is 5.34. The van der Waals surface area contributed by atoms with Crippen LogP contribution in [0.1, 0.15) is 17.2 Å².